The number of aromatic nitrogens is 2. The van der Waals surface area contributed by atoms with Crippen LogP contribution in [0, 0.1) is 11.3 Å². The first kappa shape index (κ1) is 19.2. The molecule has 1 aliphatic carbocycles. The predicted octanol–water partition coefficient (Wildman–Crippen LogP) is 1.47. The minimum absolute atomic E-state index is 0. The summed E-state index contributed by atoms with van der Waals surface area (Å²) in [4.78, 5) is 12.7. The van der Waals surface area contributed by atoms with Gasteiger partial charge in [0.05, 0.1) is 12.1 Å². The Balaban J connectivity index is 0.00000208. The quantitative estimate of drug-likeness (QED) is 0.776. The topological polar surface area (TPSA) is 68.2 Å². The molecule has 2 aliphatic rings. The number of carbonyl (C=O) groups is 1. The summed E-state index contributed by atoms with van der Waals surface area (Å²) in [7, 11) is 3.66. The minimum Gasteiger partial charge on any atom is -0.385 e. The van der Waals surface area contributed by atoms with E-state index in [1.54, 1.807) is 11.8 Å². The van der Waals surface area contributed by atoms with E-state index in [1.807, 2.05) is 19.4 Å². The van der Waals surface area contributed by atoms with Gasteiger partial charge in [0.15, 0.2) is 0 Å². The molecule has 1 saturated carbocycles. The second kappa shape index (κ2) is 8.32. The van der Waals surface area contributed by atoms with Crippen LogP contribution in [0.3, 0.4) is 0 Å². The highest BCUT2D eigenvalue weighted by atomic mass is 35.5. The fraction of sp³-hybridized carbons (Fsp3) is 0.765. The molecule has 1 saturated heterocycles. The largest absolute Gasteiger partial charge is 0.385 e. The van der Waals surface area contributed by atoms with Gasteiger partial charge in [-0.3, -0.25) is 9.48 Å². The van der Waals surface area contributed by atoms with Crippen molar-refractivity contribution < 1.29 is 9.53 Å². The van der Waals surface area contributed by atoms with Gasteiger partial charge in [0.1, 0.15) is 0 Å². The van der Waals surface area contributed by atoms with Crippen molar-refractivity contribution in [2.45, 2.75) is 31.6 Å². The van der Waals surface area contributed by atoms with E-state index in [0.717, 1.165) is 38.2 Å². The molecule has 1 aromatic heterocycles. The maximum Gasteiger partial charge on any atom is 0.225 e. The summed E-state index contributed by atoms with van der Waals surface area (Å²) in [6.07, 6.45) is 8.60. The lowest BCUT2D eigenvalue weighted by Gasteiger charge is -2.42. The van der Waals surface area contributed by atoms with Crippen LogP contribution in [-0.2, 0) is 16.6 Å². The number of hydrogen-bond acceptors (Lipinski definition) is 4. The van der Waals surface area contributed by atoms with E-state index in [2.05, 4.69) is 15.7 Å². The van der Waals surface area contributed by atoms with E-state index in [9.17, 15) is 4.79 Å². The molecule has 0 radical (unpaired) electrons. The number of amides is 1. The summed E-state index contributed by atoms with van der Waals surface area (Å²) in [6.45, 7) is 3.15. The van der Waals surface area contributed by atoms with Gasteiger partial charge in [0, 0.05) is 52.5 Å². The zero-order valence-corrected chi connectivity index (χ0v) is 15.4. The van der Waals surface area contributed by atoms with Crippen molar-refractivity contribution in [1.82, 2.24) is 20.4 Å². The molecule has 6 nitrogen and oxygen atoms in total. The van der Waals surface area contributed by atoms with Crippen LogP contribution < -0.4 is 10.6 Å². The minimum atomic E-state index is -0.00116. The molecular formula is C17H29ClN4O2. The van der Waals surface area contributed by atoms with E-state index in [-0.39, 0.29) is 35.6 Å². The van der Waals surface area contributed by atoms with Gasteiger partial charge in [0.25, 0.3) is 0 Å². The van der Waals surface area contributed by atoms with Crippen molar-refractivity contribution in [2.24, 2.45) is 18.4 Å². The number of carbonyl (C=O) groups excluding carboxylic acids is 1. The zero-order valence-electron chi connectivity index (χ0n) is 14.6. The molecule has 2 heterocycles. The van der Waals surface area contributed by atoms with Gasteiger partial charge in [0.2, 0.25) is 5.91 Å². The third kappa shape index (κ3) is 4.10. The second-order valence-corrected chi connectivity index (χ2v) is 7.13. The van der Waals surface area contributed by atoms with Crippen LogP contribution in [0.2, 0.25) is 0 Å². The molecule has 2 atom stereocenters. The van der Waals surface area contributed by atoms with Gasteiger partial charge in [-0.2, -0.15) is 5.10 Å². The summed E-state index contributed by atoms with van der Waals surface area (Å²) in [5, 5.41) is 10.8. The summed E-state index contributed by atoms with van der Waals surface area (Å²) in [5.74, 6) is 0.395. The Bertz CT molecular complexity index is 544. The molecule has 2 fully saturated rings. The van der Waals surface area contributed by atoms with Crippen molar-refractivity contribution in [3.05, 3.63) is 18.0 Å². The number of hydrogen-bond donors (Lipinski definition) is 2. The Labute approximate surface area is 150 Å². The fourth-order valence-electron chi connectivity index (χ4n) is 3.85. The molecule has 1 aromatic rings. The molecule has 0 aromatic carbocycles. The molecule has 24 heavy (non-hydrogen) atoms. The van der Waals surface area contributed by atoms with Gasteiger partial charge in [-0.1, -0.05) is 6.42 Å². The summed E-state index contributed by atoms with van der Waals surface area (Å²) in [6, 6.07) is 0. The smallest absolute Gasteiger partial charge is 0.225 e. The third-order valence-electron chi connectivity index (χ3n) is 5.59. The van der Waals surface area contributed by atoms with Crippen molar-refractivity contribution >= 4 is 18.3 Å². The van der Waals surface area contributed by atoms with Crippen LogP contribution in [0.1, 0.15) is 37.2 Å². The predicted molar refractivity (Wildman–Crippen MR) is 95.3 cm³/mol. The zero-order chi connectivity index (χ0) is 16.3. The summed E-state index contributed by atoms with van der Waals surface area (Å²) < 4.78 is 7.03. The van der Waals surface area contributed by atoms with Crippen LogP contribution in [0.5, 0.6) is 0 Å². The maximum absolute atomic E-state index is 12.7. The average molecular weight is 357 g/mol. The van der Waals surface area contributed by atoms with Gasteiger partial charge in [-0.15, -0.1) is 12.4 Å². The summed E-state index contributed by atoms with van der Waals surface area (Å²) in [5.41, 5.74) is 1.41. The Morgan fingerprint density at radius 3 is 2.88 bits per heavy atom. The second-order valence-electron chi connectivity index (χ2n) is 7.13. The van der Waals surface area contributed by atoms with Crippen LogP contribution in [0.4, 0.5) is 0 Å². The number of aryl methyl sites for hydroxylation is 1. The highest BCUT2D eigenvalue weighted by molar-refractivity contribution is 5.85. The molecule has 1 aliphatic heterocycles. The van der Waals surface area contributed by atoms with Gasteiger partial charge < -0.3 is 15.4 Å². The Morgan fingerprint density at radius 2 is 2.29 bits per heavy atom. The van der Waals surface area contributed by atoms with Crippen LogP contribution in [0.25, 0.3) is 0 Å². The summed E-state index contributed by atoms with van der Waals surface area (Å²) >= 11 is 0. The Morgan fingerprint density at radius 1 is 1.50 bits per heavy atom. The van der Waals surface area contributed by atoms with Crippen LogP contribution in [0.15, 0.2) is 12.4 Å². The lowest BCUT2D eigenvalue weighted by Crippen LogP contribution is -2.45. The fourth-order valence-corrected chi connectivity index (χ4v) is 3.85. The normalized spacial score (nSPS) is 24.9. The number of rotatable bonds is 7. The standard InChI is InChI=1S/C17H28N4O2.ClH/c1-21-11-13(8-20-21)14-9-18-10-15(14)16(22)19-12-17(4-3-5-17)6-7-23-2;/h8,11,14-15,18H,3-7,9-10,12H2,1-2H3,(H,19,22);1H/t14-,15+;/m1./s1. The molecule has 0 spiro atoms. The number of methoxy groups -OCH3 is 1. The molecule has 3 rings (SSSR count). The molecule has 136 valence electrons. The first-order valence-corrected chi connectivity index (χ1v) is 8.59. The van der Waals surface area contributed by atoms with E-state index in [4.69, 9.17) is 4.74 Å². The van der Waals surface area contributed by atoms with Crippen molar-refractivity contribution in [3.63, 3.8) is 0 Å². The highest BCUT2D eigenvalue weighted by Crippen LogP contribution is 2.43. The van der Waals surface area contributed by atoms with E-state index >= 15 is 0 Å². The molecule has 1 amide bonds. The lowest BCUT2D eigenvalue weighted by atomic mass is 9.66. The van der Waals surface area contributed by atoms with E-state index < -0.39 is 0 Å². The monoisotopic (exact) mass is 356 g/mol. The number of ether oxygens (including phenoxy) is 1. The third-order valence-corrected chi connectivity index (χ3v) is 5.59. The van der Waals surface area contributed by atoms with Gasteiger partial charge >= 0.3 is 0 Å². The maximum atomic E-state index is 12.7. The van der Waals surface area contributed by atoms with Gasteiger partial charge in [-0.05, 0) is 30.2 Å². The lowest BCUT2D eigenvalue weighted by molar-refractivity contribution is -0.125. The average Bonchev–Trinajstić information content (AvgIpc) is 3.14. The van der Waals surface area contributed by atoms with Crippen molar-refractivity contribution in [3.8, 4) is 0 Å². The van der Waals surface area contributed by atoms with Crippen LogP contribution >= 0.6 is 12.4 Å². The van der Waals surface area contributed by atoms with Crippen molar-refractivity contribution in [1.29, 1.82) is 0 Å². The van der Waals surface area contributed by atoms with Gasteiger partial charge in [-0.25, -0.2) is 0 Å². The Kier molecular flexibility index (Phi) is 6.66. The van der Waals surface area contributed by atoms with Crippen molar-refractivity contribution in [2.75, 3.05) is 33.4 Å². The molecular weight excluding hydrogens is 328 g/mol. The SMILES string of the molecule is COCCC1(CNC(=O)[C@H]2CNC[C@@H]2c2cnn(C)c2)CCC1.Cl. The highest BCUT2D eigenvalue weighted by Gasteiger charge is 2.39. The van der Waals surface area contributed by atoms with Crippen LogP contribution in [-0.4, -0.2) is 49.0 Å². The molecule has 7 heteroatoms. The number of halogens is 1. The molecule has 2 N–H and O–H groups in total. The van der Waals surface area contributed by atoms with E-state index in [1.165, 1.54) is 19.3 Å². The number of nitrogens with one attached hydrogen (secondary N) is 2. The van der Waals surface area contributed by atoms with E-state index in [0.29, 0.717) is 0 Å². The Hall–Kier alpha value is -1.11. The first-order valence-electron chi connectivity index (χ1n) is 8.59. The first-order chi connectivity index (χ1) is 11.1. The molecule has 0 unspecified atom stereocenters. The number of nitrogens with zero attached hydrogens (tertiary/aromatic N) is 2. The molecule has 0 bridgehead atoms.